The average molecular weight is 154 g/mol. The second-order valence-corrected chi connectivity index (χ2v) is 2.90. The Balaban J connectivity index is 3.00. The van der Waals surface area contributed by atoms with Crippen molar-refractivity contribution in [2.24, 2.45) is 0 Å². The zero-order chi connectivity index (χ0) is 8.48. The number of rotatable bonds is 2. The summed E-state index contributed by atoms with van der Waals surface area (Å²) in [5.41, 5.74) is -0.263. The van der Waals surface area contributed by atoms with E-state index in [4.69, 9.17) is 5.11 Å². The maximum absolute atomic E-state index is 10.7. The number of nitrogens with zero attached hydrogens (tertiary/aromatic N) is 1. The van der Waals surface area contributed by atoms with Crippen LogP contribution in [0.4, 0.5) is 0 Å². The zero-order valence-corrected chi connectivity index (χ0v) is 6.46. The molecule has 0 amide bonds. The van der Waals surface area contributed by atoms with Gasteiger partial charge in [-0.2, -0.15) is 5.10 Å². The first kappa shape index (κ1) is 7.78. The Hall–Kier alpha value is -1.32. The Morgan fingerprint density at radius 3 is 2.73 bits per heavy atom. The Morgan fingerprint density at radius 1 is 1.73 bits per heavy atom. The van der Waals surface area contributed by atoms with E-state index in [1.807, 2.05) is 0 Å². The molecular weight excluding hydrogens is 144 g/mol. The quantitative estimate of drug-likeness (QED) is 0.661. The van der Waals surface area contributed by atoms with Crippen LogP contribution in [0.15, 0.2) is 12.3 Å². The van der Waals surface area contributed by atoms with Crippen molar-refractivity contribution >= 4 is 5.97 Å². The minimum Gasteiger partial charge on any atom is -0.481 e. The fraction of sp³-hybridized carbons (Fsp3) is 0.429. The molecule has 4 nitrogen and oxygen atoms in total. The summed E-state index contributed by atoms with van der Waals surface area (Å²) < 4.78 is 0. The molecule has 1 aromatic heterocycles. The van der Waals surface area contributed by atoms with Crippen molar-refractivity contribution in [2.45, 2.75) is 19.3 Å². The molecule has 0 fully saturated rings. The number of nitrogens with one attached hydrogen (secondary N) is 1. The maximum atomic E-state index is 10.7. The van der Waals surface area contributed by atoms with Gasteiger partial charge in [0.2, 0.25) is 0 Å². The lowest BCUT2D eigenvalue weighted by molar-refractivity contribution is -0.142. The molecule has 2 N–H and O–H groups in total. The standard InChI is InChI=1S/C7H10N2O2/c1-7(2,6(10)11)5-3-4-8-9-5/h3-4H,1-2H3,(H,8,9)(H,10,11). The summed E-state index contributed by atoms with van der Waals surface area (Å²) in [6, 6.07) is 1.66. The second kappa shape index (κ2) is 2.38. The molecule has 0 saturated heterocycles. The summed E-state index contributed by atoms with van der Waals surface area (Å²) >= 11 is 0. The Labute approximate surface area is 64.2 Å². The molecule has 0 aliphatic carbocycles. The largest absolute Gasteiger partial charge is 0.481 e. The smallest absolute Gasteiger partial charge is 0.315 e. The van der Waals surface area contributed by atoms with Gasteiger partial charge in [-0.15, -0.1) is 0 Å². The summed E-state index contributed by atoms with van der Waals surface area (Å²) in [7, 11) is 0. The van der Waals surface area contributed by atoms with E-state index >= 15 is 0 Å². The highest BCUT2D eigenvalue weighted by atomic mass is 16.4. The maximum Gasteiger partial charge on any atom is 0.315 e. The van der Waals surface area contributed by atoms with Crippen molar-refractivity contribution in [3.63, 3.8) is 0 Å². The predicted octanol–water partition coefficient (Wildman–Crippen LogP) is 0.772. The van der Waals surface area contributed by atoms with Crippen LogP contribution in [-0.2, 0) is 10.2 Å². The molecule has 0 saturated carbocycles. The van der Waals surface area contributed by atoms with Gasteiger partial charge in [0.05, 0.1) is 5.69 Å². The first-order valence-corrected chi connectivity index (χ1v) is 3.28. The van der Waals surface area contributed by atoms with Gasteiger partial charge in [-0.3, -0.25) is 9.89 Å². The molecule has 0 radical (unpaired) electrons. The van der Waals surface area contributed by atoms with E-state index < -0.39 is 11.4 Å². The number of aliphatic carboxylic acids is 1. The molecule has 0 bridgehead atoms. The summed E-state index contributed by atoms with van der Waals surface area (Å²) in [4.78, 5) is 10.7. The van der Waals surface area contributed by atoms with Crippen molar-refractivity contribution < 1.29 is 9.90 Å². The molecule has 0 aliphatic rings. The topological polar surface area (TPSA) is 66.0 Å². The summed E-state index contributed by atoms with van der Waals surface area (Å²) in [6.45, 7) is 3.26. The summed E-state index contributed by atoms with van der Waals surface area (Å²) in [5.74, 6) is -0.859. The molecule has 1 aromatic rings. The van der Waals surface area contributed by atoms with Crippen LogP contribution in [0, 0.1) is 0 Å². The third-order valence-electron chi connectivity index (χ3n) is 1.71. The van der Waals surface area contributed by atoms with Gasteiger partial charge in [0, 0.05) is 6.20 Å². The third-order valence-corrected chi connectivity index (χ3v) is 1.71. The van der Waals surface area contributed by atoms with Gasteiger partial charge in [0.25, 0.3) is 0 Å². The Morgan fingerprint density at radius 2 is 2.36 bits per heavy atom. The fourth-order valence-electron chi connectivity index (χ4n) is 0.719. The molecule has 4 heteroatoms. The first-order chi connectivity index (χ1) is 5.05. The van der Waals surface area contributed by atoms with Crippen LogP contribution >= 0.6 is 0 Å². The molecule has 1 rings (SSSR count). The van der Waals surface area contributed by atoms with Gasteiger partial charge in [0.1, 0.15) is 5.41 Å². The molecular formula is C7H10N2O2. The third kappa shape index (κ3) is 1.24. The Kier molecular flexibility index (Phi) is 1.68. The highest BCUT2D eigenvalue weighted by Gasteiger charge is 2.30. The SMILES string of the molecule is CC(C)(C(=O)O)c1ccn[nH]1. The lowest BCUT2D eigenvalue weighted by Gasteiger charge is -2.15. The number of aromatic nitrogens is 2. The zero-order valence-electron chi connectivity index (χ0n) is 6.46. The van der Waals surface area contributed by atoms with Gasteiger partial charge >= 0.3 is 5.97 Å². The van der Waals surface area contributed by atoms with Gasteiger partial charge in [-0.05, 0) is 19.9 Å². The van der Waals surface area contributed by atoms with Crippen LogP contribution in [0.5, 0.6) is 0 Å². The number of aromatic amines is 1. The van der Waals surface area contributed by atoms with E-state index in [0.717, 1.165) is 0 Å². The lowest BCUT2D eigenvalue weighted by atomic mass is 9.90. The van der Waals surface area contributed by atoms with E-state index in [1.54, 1.807) is 26.1 Å². The number of H-pyrrole nitrogens is 1. The minimum absolute atomic E-state index is 0.616. The van der Waals surface area contributed by atoms with E-state index in [2.05, 4.69) is 10.2 Å². The fourth-order valence-corrected chi connectivity index (χ4v) is 0.719. The predicted molar refractivity (Wildman–Crippen MR) is 39.2 cm³/mol. The van der Waals surface area contributed by atoms with Gasteiger partial charge in [-0.1, -0.05) is 0 Å². The monoisotopic (exact) mass is 154 g/mol. The van der Waals surface area contributed by atoms with E-state index in [0.29, 0.717) is 5.69 Å². The molecule has 11 heavy (non-hydrogen) atoms. The lowest BCUT2D eigenvalue weighted by Crippen LogP contribution is -2.28. The number of carboxylic acids is 1. The van der Waals surface area contributed by atoms with Crippen molar-refractivity contribution in [3.05, 3.63) is 18.0 Å². The van der Waals surface area contributed by atoms with E-state index in [1.165, 1.54) is 0 Å². The van der Waals surface area contributed by atoms with Crippen molar-refractivity contribution in [1.82, 2.24) is 10.2 Å². The number of carboxylic acid groups (broad SMARTS) is 1. The van der Waals surface area contributed by atoms with Crippen LogP contribution < -0.4 is 0 Å². The molecule has 0 aliphatic heterocycles. The number of hydrogen-bond acceptors (Lipinski definition) is 2. The second-order valence-electron chi connectivity index (χ2n) is 2.90. The van der Waals surface area contributed by atoms with Gasteiger partial charge in [-0.25, -0.2) is 0 Å². The van der Waals surface area contributed by atoms with E-state index in [-0.39, 0.29) is 0 Å². The van der Waals surface area contributed by atoms with Gasteiger partial charge < -0.3 is 5.11 Å². The molecule has 0 atom stereocenters. The van der Waals surface area contributed by atoms with Crippen molar-refractivity contribution in [3.8, 4) is 0 Å². The van der Waals surface area contributed by atoms with Crippen LogP contribution in [0.25, 0.3) is 0 Å². The highest BCUT2D eigenvalue weighted by molar-refractivity contribution is 5.79. The van der Waals surface area contributed by atoms with Crippen LogP contribution in [0.2, 0.25) is 0 Å². The molecule has 0 aromatic carbocycles. The number of hydrogen-bond donors (Lipinski definition) is 2. The van der Waals surface area contributed by atoms with Crippen LogP contribution in [0.1, 0.15) is 19.5 Å². The van der Waals surface area contributed by atoms with Gasteiger partial charge in [0.15, 0.2) is 0 Å². The van der Waals surface area contributed by atoms with Crippen LogP contribution in [0.3, 0.4) is 0 Å². The van der Waals surface area contributed by atoms with Crippen LogP contribution in [-0.4, -0.2) is 21.3 Å². The average Bonchev–Trinajstić information content (AvgIpc) is 2.37. The summed E-state index contributed by atoms with van der Waals surface area (Å²) in [5, 5.41) is 15.1. The molecule has 60 valence electrons. The molecule has 1 heterocycles. The normalized spacial score (nSPS) is 11.5. The summed E-state index contributed by atoms with van der Waals surface area (Å²) in [6.07, 6.45) is 1.54. The van der Waals surface area contributed by atoms with Crippen molar-refractivity contribution in [2.75, 3.05) is 0 Å². The number of carbonyl (C=O) groups is 1. The van der Waals surface area contributed by atoms with E-state index in [9.17, 15) is 4.79 Å². The Bertz CT molecular complexity index is 251. The van der Waals surface area contributed by atoms with Crippen molar-refractivity contribution in [1.29, 1.82) is 0 Å². The molecule has 0 spiro atoms. The molecule has 0 unspecified atom stereocenters. The highest BCUT2D eigenvalue weighted by Crippen LogP contribution is 2.19. The first-order valence-electron chi connectivity index (χ1n) is 3.28. The minimum atomic E-state index is -0.878.